The topological polar surface area (TPSA) is 85.2 Å². The summed E-state index contributed by atoms with van der Waals surface area (Å²) in [6, 6.07) is 14.8. The van der Waals surface area contributed by atoms with E-state index >= 15 is 0 Å². The van der Waals surface area contributed by atoms with Crippen LogP contribution in [0.15, 0.2) is 66.1 Å². The molecule has 0 bridgehead atoms. The van der Waals surface area contributed by atoms with Crippen LogP contribution in [0.4, 0.5) is 5.69 Å². The van der Waals surface area contributed by atoms with Crippen molar-refractivity contribution in [1.82, 2.24) is 14.9 Å². The second kappa shape index (κ2) is 11.0. The molecule has 0 saturated carbocycles. The molecule has 0 radical (unpaired) electrons. The van der Waals surface area contributed by atoms with E-state index in [1.165, 1.54) is 17.3 Å². The number of carbonyl (C=O) groups is 2. The van der Waals surface area contributed by atoms with Crippen LogP contribution in [0.2, 0.25) is 0 Å². The minimum Gasteiger partial charge on any atom is -0.492 e. The van der Waals surface area contributed by atoms with Crippen molar-refractivity contribution in [2.45, 2.75) is 31.3 Å². The number of nitrogens with zero attached hydrogens (tertiary/aromatic N) is 2. The van der Waals surface area contributed by atoms with Crippen molar-refractivity contribution in [3.8, 4) is 5.75 Å². The minimum atomic E-state index is -0.190. The third-order valence-corrected chi connectivity index (χ3v) is 5.97. The SMILES string of the molecule is Cn1ccnc1SCC(=O)Nc1ccc(C(=O)NCCOc2ccc(C(C)(C)C)cc2)cc1. The molecule has 7 nitrogen and oxygen atoms in total. The van der Waals surface area contributed by atoms with Crippen LogP contribution in [0.1, 0.15) is 36.7 Å². The Morgan fingerprint density at radius 3 is 2.36 bits per heavy atom. The molecule has 0 saturated heterocycles. The Morgan fingerprint density at radius 2 is 1.76 bits per heavy atom. The standard InChI is InChI=1S/C25H30N4O3S/c1-25(2,3)19-7-11-21(12-8-19)32-16-14-26-23(31)18-5-9-20(10-6-18)28-22(30)17-33-24-27-13-15-29(24)4/h5-13,15H,14,16-17H2,1-4H3,(H,26,31)(H,28,30). The van der Waals surface area contributed by atoms with Crippen LogP contribution in [0, 0.1) is 0 Å². The summed E-state index contributed by atoms with van der Waals surface area (Å²) in [4.78, 5) is 28.7. The molecule has 1 aromatic heterocycles. The average molecular weight is 467 g/mol. The van der Waals surface area contributed by atoms with Crippen molar-refractivity contribution in [2.75, 3.05) is 24.2 Å². The van der Waals surface area contributed by atoms with Crippen LogP contribution in [-0.4, -0.2) is 40.3 Å². The predicted octanol–water partition coefficient (Wildman–Crippen LogP) is 4.26. The Bertz CT molecular complexity index is 1070. The first kappa shape index (κ1) is 24.4. The summed E-state index contributed by atoms with van der Waals surface area (Å²) in [5, 5.41) is 6.45. The Labute approximate surface area is 198 Å². The van der Waals surface area contributed by atoms with Crippen molar-refractivity contribution >= 4 is 29.3 Å². The first-order valence-electron chi connectivity index (χ1n) is 10.7. The van der Waals surface area contributed by atoms with E-state index in [0.717, 1.165) is 10.9 Å². The van der Waals surface area contributed by atoms with Crippen LogP contribution in [0.5, 0.6) is 5.75 Å². The summed E-state index contributed by atoms with van der Waals surface area (Å²) in [7, 11) is 1.88. The zero-order valence-electron chi connectivity index (χ0n) is 19.4. The van der Waals surface area contributed by atoms with E-state index < -0.39 is 0 Å². The van der Waals surface area contributed by atoms with Crippen molar-refractivity contribution in [3.05, 3.63) is 72.1 Å². The number of imidazole rings is 1. The van der Waals surface area contributed by atoms with Gasteiger partial charge < -0.3 is 19.9 Å². The van der Waals surface area contributed by atoms with Gasteiger partial charge in [0.05, 0.1) is 12.3 Å². The number of nitrogens with one attached hydrogen (secondary N) is 2. The van der Waals surface area contributed by atoms with Crippen LogP contribution < -0.4 is 15.4 Å². The highest BCUT2D eigenvalue weighted by Crippen LogP contribution is 2.24. The van der Waals surface area contributed by atoms with E-state index in [2.05, 4.69) is 48.5 Å². The number of carbonyl (C=O) groups excluding carboxylic acids is 2. The van der Waals surface area contributed by atoms with Gasteiger partial charge in [0.15, 0.2) is 5.16 Å². The maximum absolute atomic E-state index is 12.3. The molecular weight excluding hydrogens is 436 g/mol. The fraction of sp³-hybridized carbons (Fsp3) is 0.320. The molecule has 2 amide bonds. The van der Waals surface area contributed by atoms with Gasteiger partial charge in [-0.1, -0.05) is 44.7 Å². The highest BCUT2D eigenvalue weighted by atomic mass is 32.2. The molecule has 0 unspecified atom stereocenters. The first-order chi connectivity index (χ1) is 15.7. The van der Waals surface area contributed by atoms with E-state index in [-0.39, 0.29) is 23.0 Å². The lowest BCUT2D eigenvalue weighted by atomic mass is 9.87. The molecule has 0 aliphatic heterocycles. The summed E-state index contributed by atoms with van der Waals surface area (Å²) < 4.78 is 7.57. The number of hydrogen-bond donors (Lipinski definition) is 2. The number of ether oxygens (including phenoxy) is 1. The number of benzene rings is 2. The van der Waals surface area contributed by atoms with Crippen molar-refractivity contribution in [2.24, 2.45) is 7.05 Å². The maximum atomic E-state index is 12.3. The Kier molecular flexibility index (Phi) is 8.16. The third-order valence-electron chi connectivity index (χ3n) is 4.92. The number of thioether (sulfide) groups is 1. The monoisotopic (exact) mass is 466 g/mol. The van der Waals surface area contributed by atoms with Gasteiger partial charge in [0.2, 0.25) is 5.91 Å². The largest absolute Gasteiger partial charge is 0.492 e. The van der Waals surface area contributed by atoms with Crippen molar-refractivity contribution in [3.63, 3.8) is 0 Å². The number of amides is 2. The zero-order valence-corrected chi connectivity index (χ0v) is 20.2. The molecule has 8 heteroatoms. The predicted molar refractivity (Wildman–Crippen MR) is 132 cm³/mol. The van der Waals surface area contributed by atoms with E-state index in [1.807, 2.05) is 29.9 Å². The van der Waals surface area contributed by atoms with E-state index in [9.17, 15) is 9.59 Å². The highest BCUT2D eigenvalue weighted by Gasteiger charge is 2.13. The van der Waals surface area contributed by atoms with Gasteiger partial charge >= 0.3 is 0 Å². The minimum absolute atomic E-state index is 0.101. The summed E-state index contributed by atoms with van der Waals surface area (Å²) in [5.74, 6) is 0.711. The molecule has 0 atom stereocenters. The van der Waals surface area contributed by atoms with E-state index in [0.29, 0.717) is 24.4 Å². The van der Waals surface area contributed by atoms with Crippen LogP contribution in [0.25, 0.3) is 0 Å². The number of aromatic nitrogens is 2. The van der Waals surface area contributed by atoms with Gasteiger partial charge in [-0.3, -0.25) is 9.59 Å². The fourth-order valence-corrected chi connectivity index (χ4v) is 3.74. The van der Waals surface area contributed by atoms with Crippen molar-refractivity contribution in [1.29, 1.82) is 0 Å². The Balaban J connectivity index is 1.39. The van der Waals surface area contributed by atoms with Gasteiger partial charge in [-0.25, -0.2) is 4.98 Å². The molecule has 3 aromatic rings. The molecule has 0 spiro atoms. The molecule has 3 rings (SSSR count). The molecule has 2 aromatic carbocycles. The fourth-order valence-electron chi connectivity index (χ4n) is 3.01. The van der Waals surface area contributed by atoms with Crippen LogP contribution in [0.3, 0.4) is 0 Å². The third kappa shape index (κ3) is 7.39. The van der Waals surface area contributed by atoms with E-state index in [4.69, 9.17) is 4.74 Å². The zero-order chi connectivity index (χ0) is 23.8. The molecular formula is C25H30N4O3S. The summed E-state index contributed by atoms with van der Waals surface area (Å²) in [6.07, 6.45) is 3.53. The molecule has 33 heavy (non-hydrogen) atoms. The van der Waals surface area contributed by atoms with E-state index in [1.54, 1.807) is 30.5 Å². The van der Waals surface area contributed by atoms with Crippen LogP contribution >= 0.6 is 11.8 Å². The maximum Gasteiger partial charge on any atom is 0.251 e. The number of aryl methyl sites for hydroxylation is 1. The summed E-state index contributed by atoms with van der Waals surface area (Å²) >= 11 is 1.36. The van der Waals surface area contributed by atoms with Gasteiger partial charge in [0.25, 0.3) is 5.91 Å². The van der Waals surface area contributed by atoms with Gasteiger partial charge in [-0.05, 0) is 47.4 Å². The Hall–Kier alpha value is -3.26. The molecule has 0 fully saturated rings. The molecule has 2 N–H and O–H groups in total. The Morgan fingerprint density at radius 1 is 1.06 bits per heavy atom. The highest BCUT2D eigenvalue weighted by molar-refractivity contribution is 7.99. The first-order valence-corrected chi connectivity index (χ1v) is 11.7. The smallest absolute Gasteiger partial charge is 0.251 e. The van der Waals surface area contributed by atoms with Crippen molar-refractivity contribution < 1.29 is 14.3 Å². The van der Waals surface area contributed by atoms with Gasteiger partial charge in [-0.15, -0.1) is 0 Å². The molecule has 1 heterocycles. The second-order valence-corrected chi connectivity index (χ2v) is 9.56. The lowest BCUT2D eigenvalue weighted by molar-refractivity contribution is -0.113. The quantitative estimate of drug-likeness (QED) is 0.364. The van der Waals surface area contributed by atoms with Gasteiger partial charge in [-0.2, -0.15) is 0 Å². The van der Waals surface area contributed by atoms with Gasteiger partial charge in [0.1, 0.15) is 12.4 Å². The number of hydrogen-bond acceptors (Lipinski definition) is 5. The normalized spacial score (nSPS) is 11.2. The molecule has 0 aliphatic rings. The summed E-state index contributed by atoms with van der Waals surface area (Å²) in [6.45, 7) is 7.27. The number of rotatable bonds is 9. The average Bonchev–Trinajstić information content (AvgIpc) is 3.20. The second-order valence-electron chi connectivity index (χ2n) is 8.61. The molecule has 174 valence electrons. The lowest BCUT2D eigenvalue weighted by Crippen LogP contribution is -2.28. The van der Waals surface area contributed by atoms with Crippen LogP contribution in [-0.2, 0) is 17.3 Å². The van der Waals surface area contributed by atoms with Gasteiger partial charge in [0, 0.05) is 30.7 Å². The molecule has 0 aliphatic carbocycles. The number of anilines is 1. The summed E-state index contributed by atoms with van der Waals surface area (Å²) in [5.41, 5.74) is 2.50. The lowest BCUT2D eigenvalue weighted by Gasteiger charge is -2.19.